The average Bonchev–Trinajstić information content (AvgIpc) is 2.38. The molecule has 0 saturated carbocycles. The van der Waals surface area contributed by atoms with Crippen LogP contribution in [0.25, 0.3) is 0 Å². The second kappa shape index (κ2) is 13.2. The van der Waals surface area contributed by atoms with Gasteiger partial charge in [-0.1, -0.05) is 25.2 Å². The van der Waals surface area contributed by atoms with Gasteiger partial charge in [0.15, 0.2) is 5.96 Å². The lowest BCUT2D eigenvalue weighted by atomic mass is 10.1. The fourth-order valence-corrected chi connectivity index (χ4v) is 1.74. The van der Waals surface area contributed by atoms with Crippen LogP contribution >= 0.6 is 0 Å². The highest BCUT2D eigenvalue weighted by Gasteiger charge is 1.95. The van der Waals surface area contributed by atoms with Gasteiger partial charge in [-0.2, -0.15) is 0 Å². The van der Waals surface area contributed by atoms with Crippen LogP contribution in [0.15, 0.2) is 4.99 Å². The zero-order valence-electron chi connectivity index (χ0n) is 12.8. The maximum absolute atomic E-state index is 5.22. The van der Waals surface area contributed by atoms with Crippen LogP contribution in [0, 0.1) is 12.3 Å². The van der Waals surface area contributed by atoms with Gasteiger partial charge in [0.2, 0.25) is 0 Å². The van der Waals surface area contributed by atoms with Gasteiger partial charge in [0.1, 0.15) is 0 Å². The van der Waals surface area contributed by atoms with Crippen LogP contribution in [0.2, 0.25) is 0 Å². The lowest BCUT2D eigenvalue weighted by Crippen LogP contribution is -2.37. The van der Waals surface area contributed by atoms with Gasteiger partial charge in [-0.25, -0.2) is 0 Å². The van der Waals surface area contributed by atoms with E-state index in [2.05, 4.69) is 47.5 Å². The fraction of sp³-hybridized carbons (Fsp3) is 0.800. The summed E-state index contributed by atoms with van der Waals surface area (Å²) in [6.45, 7) is 5.50. The molecule has 0 atom stereocenters. The summed E-state index contributed by atoms with van der Waals surface area (Å²) in [4.78, 5) is 6.73. The van der Waals surface area contributed by atoms with E-state index >= 15 is 0 Å². The third-order valence-corrected chi connectivity index (χ3v) is 2.74. The monoisotopic (exact) mass is 266 g/mol. The molecular weight excluding hydrogens is 236 g/mol. The predicted molar refractivity (Wildman–Crippen MR) is 84.5 cm³/mol. The Hall–Kier alpha value is -1.21. The number of hydrogen-bond acceptors (Lipinski definition) is 2. The molecule has 0 amide bonds. The Morgan fingerprint density at radius 2 is 1.79 bits per heavy atom. The molecule has 0 unspecified atom stereocenters. The summed E-state index contributed by atoms with van der Waals surface area (Å²) in [5, 5.41) is 6.27. The molecule has 0 bridgehead atoms. The molecule has 19 heavy (non-hydrogen) atoms. The first-order valence-corrected chi connectivity index (χ1v) is 7.31. The van der Waals surface area contributed by atoms with Crippen molar-refractivity contribution in [3.05, 3.63) is 0 Å². The smallest absolute Gasteiger partial charge is 0.192 e. The first-order valence-electron chi connectivity index (χ1n) is 7.31. The SMILES string of the molecule is C#CCNC(=NCCCCCCCN(C)C)NCC. The first-order chi connectivity index (χ1) is 9.20. The predicted octanol–water partition coefficient (Wildman–Crippen LogP) is 1.69. The van der Waals surface area contributed by atoms with E-state index in [0.29, 0.717) is 6.54 Å². The number of guanidine groups is 1. The summed E-state index contributed by atoms with van der Waals surface area (Å²) in [5.41, 5.74) is 0. The zero-order chi connectivity index (χ0) is 14.3. The van der Waals surface area contributed by atoms with Crippen LogP contribution in [0.1, 0.15) is 39.0 Å². The van der Waals surface area contributed by atoms with Gasteiger partial charge >= 0.3 is 0 Å². The Kier molecular flexibility index (Phi) is 12.4. The Bertz CT molecular complexity index is 266. The molecule has 2 N–H and O–H groups in total. The minimum absolute atomic E-state index is 0.524. The quantitative estimate of drug-likeness (QED) is 0.273. The molecule has 0 aliphatic carbocycles. The first kappa shape index (κ1) is 17.8. The van der Waals surface area contributed by atoms with Crippen LogP contribution in [-0.2, 0) is 0 Å². The number of nitrogens with one attached hydrogen (secondary N) is 2. The van der Waals surface area contributed by atoms with Crippen molar-refractivity contribution in [2.75, 3.05) is 40.3 Å². The Morgan fingerprint density at radius 1 is 1.11 bits per heavy atom. The topological polar surface area (TPSA) is 39.7 Å². The van der Waals surface area contributed by atoms with Gasteiger partial charge in [0.25, 0.3) is 0 Å². The van der Waals surface area contributed by atoms with Crippen molar-refractivity contribution >= 4 is 5.96 Å². The summed E-state index contributed by atoms with van der Waals surface area (Å²) in [6, 6.07) is 0. The van der Waals surface area contributed by atoms with E-state index in [0.717, 1.165) is 25.5 Å². The van der Waals surface area contributed by atoms with E-state index in [4.69, 9.17) is 6.42 Å². The molecule has 0 spiro atoms. The zero-order valence-corrected chi connectivity index (χ0v) is 12.8. The lowest BCUT2D eigenvalue weighted by molar-refractivity contribution is 0.390. The summed E-state index contributed by atoms with van der Waals surface area (Å²) in [5.74, 6) is 3.38. The van der Waals surface area contributed by atoms with Crippen molar-refractivity contribution in [1.29, 1.82) is 0 Å². The molecular formula is C15H30N4. The van der Waals surface area contributed by atoms with Crippen LogP contribution < -0.4 is 10.6 Å². The molecule has 0 heterocycles. The van der Waals surface area contributed by atoms with Crippen molar-refractivity contribution in [2.45, 2.75) is 39.0 Å². The molecule has 0 aliphatic rings. The number of nitrogens with zero attached hydrogens (tertiary/aromatic N) is 2. The third kappa shape index (κ3) is 13.0. The van der Waals surface area contributed by atoms with Gasteiger partial charge in [-0.3, -0.25) is 4.99 Å². The fourth-order valence-electron chi connectivity index (χ4n) is 1.74. The van der Waals surface area contributed by atoms with E-state index in [1.165, 1.54) is 32.2 Å². The number of unbranched alkanes of at least 4 members (excludes halogenated alkanes) is 4. The largest absolute Gasteiger partial charge is 0.357 e. The maximum Gasteiger partial charge on any atom is 0.192 e. The molecule has 4 nitrogen and oxygen atoms in total. The van der Waals surface area contributed by atoms with E-state index in [1.54, 1.807) is 0 Å². The van der Waals surface area contributed by atoms with Crippen LogP contribution in [0.5, 0.6) is 0 Å². The van der Waals surface area contributed by atoms with E-state index in [-0.39, 0.29) is 0 Å². The molecule has 4 heteroatoms. The minimum Gasteiger partial charge on any atom is -0.357 e. The van der Waals surface area contributed by atoms with E-state index < -0.39 is 0 Å². The number of rotatable bonds is 10. The van der Waals surface area contributed by atoms with Crippen molar-refractivity contribution in [1.82, 2.24) is 15.5 Å². The molecule has 0 radical (unpaired) electrons. The number of hydrogen-bond donors (Lipinski definition) is 2. The van der Waals surface area contributed by atoms with Gasteiger partial charge in [-0.05, 0) is 40.4 Å². The highest BCUT2D eigenvalue weighted by Crippen LogP contribution is 2.03. The summed E-state index contributed by atoms with van der Waals surface area (Å²) < 4.78 is 0. The average molecular weight is 266 g/mol. The molecule has 0 saturated heterocycles. The summed E-state index contributed by atoms with van der Waals surface area (Å²) in [6.07, 6.45) is 11.5. The normalized spacial score (nSPS) is 11.4. The number of aliphatic imine (C=N–C) groups is 1. The Labute approximate surface area is 119 Å². The second-order valence-corrected chi connectivity index (χ2v) is 4.89. The molecule has 0 aromatic heterocycles. The van der Waals surface area contributed by atoms with Crippen LogP contribution in [-0.4, -0.2) is 51.1 Å². The highest BCUT2D eigenvalue weighted by molar-refractivity contribution is 5.79. The minimum atomic E-state index is 0.524. The van der Waals surface area contributed by atoms with Crippen molar-refractivity contribution in [3.63, 3.8) is 0 Å². The third-order valence-electron chi connectivity index (χ3n) is 2.74. The van der Waals surface area contributed by atoms with Gasteiger partial charge in [0.05, 0.1) is 6.54 Å². The second-order valence-electron chi connectivity index (χ2n) is 4.89. The van der Waals surface area contributed by atoms with E-state index in [9.17, 15) is 0 Å². The van der Waals surface area contributed by atoms with Crippen molar-refractivity contribution in [2.24, 2.45) is 4.99 Å². The molecule has 0 aliphatic heterocycles. The van der Waals surface area contributed by atoms with Crippen LogP contribution in [0.4, 0.5) is 0 Å². The lowest BCUT2D eigenvalue weighted by Gasteiger charge is -2.09. The highest BCUT2D eigenvalue weighted by atomic mass is 15.2. The van der Waals surface area contributed by atoms with Crippen molar-refractivity contribution in [3.8, 4) is 12.3 Å². The van der Waals surface area contributed by atoms with Gasteiger partial charge in [0, 0.05) is 13.1 Å². The van der Waals surface area contributed by atoms with Gasteiger partial charge in [-0.15, -0.1) is 6.42 Å². The van der Waals surface area contributed by atoms with Gasteiger partial charge < -0.3 is 15.5 Å². The summed E-state index contributed by atoms with van der Waals surface area (Å²) in [7, 11) is 4.25. The molecule has 0 aromatic rings. The van der Waals surface area contributed by atoms with Crippen molar-refractivity contribution < 1.29 is 0 Å². The molecule has 0 fully saturated rings. The standard InChI is InChI=1S/C15H30N4/c1-5-12-17-15(16-6-2)18-13-10-8-7-9-11-14-19(3)4/h1H,6-14H2,2-4H3,(H2,16,17,18). The Balaban J connectivity index is 3.54. The molecule has 110 valence electrons. The van der Waals surface area contributed by atoms with E-state index in [1.807, 2.05) is 0 Å². The molecule has 0 rings (SSSR count). The Morgan fingerprint density at radius 3 is 2.42 bits per heavy atom. The van der Waals surface area contributed by atoms with Crippen LogP contribution in [0.3, 0.4) is 0 Å². The maximum atomic E-state index is 5.22. The number of terminal acetylenes is 1. The molecule has 0 aromatic carbocycles. The summed E-state index contributed by atoms with van der Waals surface area (Å²) >= 11 is 0.